The number of hydrogen-bond acceptors (Lipinski definition) is 3. The molecule has 1 unspecified atom stereocenters. The van der Waals surface area contributed by atoms with E-state index in [4.69, 9.17) is 4.98 Å². The lowest BCUT2D eigenvalue weighted by molar-refractivity contribution is -0.137. The van der Waals surface area contributed by atoms with Gasteiger partial charge in [0.2, 0.25) is 0 Å². The Hall–Kier alpha value is -1.92. The van der Waals surface area contributed by atoms with Gasteiger partial charge < -0.3 is 0 Å². The molecule has 1 aliphatic rings. The Labute approximate surface area is 147 Å². The molecule has 6 heteroatoms. The first-order valence-electron chi connectivity index (χ1n) is 8.23. The van der Waals surface area contributed by atoms with Crippen molar-refractivity contribution in [2.45, 2.75) is 25.1 Å². The molecule has 0 spiro atoms. The van der Waals surface area contributed by atoms with E-state index in [9.17, 15) is 13.2 Å². The van der Waals surface area contributed by atoms with Gasteiger partial charge in [-0.15, -0.1) is 11.3 Å². The Morgan fingerprint density at radius 3 is 2.56 bits per heavy atom. The monoisotopic (exact) mass is 362 g/mol. The molecule has 1 aromatic heterocycles. The summed E-state index contributed by atoms with van der Waals surface area (Å²) in [5.41, 5.74) is 1.37. The van der Waals surface area contributed by atoms with Gasteiger partial charge in [0.25, 0.3) is 0 Å². The summed E-state index contributed by atoms with van der Waals surface area (Å²) in [4.78, 5) is 7.03. The van der Waals surface area contributed by atoms with Gasteiger partial charge in [0.05, 0.1) is 20.8 Å². The van der Waals surface area contributed by atoms with Crippen LogP contribution in [0.3, 0.4) is 0 Å². The van der Waals surface area contributed by atoms with Gasteiger partial charge in [-0.1, -0.05) is 24.3 Å². The maximum absolute atomic E-state index is 12.6. The van der Waals surface area contributed by atoms with Gasteiger partial charge in [0.1, 0.15) is 0 Å². The van der Waals surface area contributed by atoms with Gasteiger partial charge in [-0.2, -0.15) is 13.2 Å². The predicted molar refractivity (Wildman–Crippen MR) is 93.7 cm³/mol. The molecule has 0 radical (unpaired) electrons. The summed E-state index contributed by atoms with van der Waals surface area (Å²) in [7, 11) is 0. The van der Waals surface area contributed by atoms with Gasteiger partial charge in [0, 0.05) is 19.0 Å². The van der Waals surface area contributed by atoms with Gasteiger partial charge >= 0.3 is 6.18 Å². The number of benzene rings is 2. The number of halogens is 3. The number of aromatic nitrogens is 1. The molecule has 1 aliphatic heterocycles. The van der Waals surface area contributed by atoms with Crippen molar-refractivity contribution in [3.05, 3.63) is 64.7 Å². The predicted octanol–water partition coefficient (Wildman–Crippen LogP) is 5.30. The van der Waals surface area contributed by atoms with Crippen LogP contribution in [0.2, 0.25) is 0 Å². The molecule has 4 rings (SSSR count). The fraction of sp³-hybridized carbons (Fsp3) is 0.316. The van der Waals surface area contributed by atoms with Crippen LogP contribution in [0, 0.1) is 0 Å². The average molecular weight is 362 g/mol. The fourth-order valence-corrected chi connectivity index (χ4v) is 4.39. The van der Waals surface area contributed by atoms with Crippen LogP contribution in [-0.2, 0) is 12.7 Å². The first-order valence-corrected chi connectivity index (χ1v) is 9.05. The average Bonchev–Trinajstić information content (AvgIpc) is 3.20. The standard InChI is InChI=1S/C19H17F3N2S/c20-19(21,22)15-7-5-13(6-8-15)11-24-10-9-14(12-24)18-23-16-3-1-2-4-17(16)25-18/h1-8,14H,9-12H2. The van der Waals surface area contributed by atoms with Gasteiger partial charge in [0.15, 0.2) is 0 Å². The summed E-state index contributed by atoms with van der Waals surface area (Å²) in [6.07, 6.45) is -3.23. The number of alkyl halides is 3. The lowest BCUT2D eigenvalue weighted by Gasteiger charge is -2.16. The molecule has 25 heavy (non-hydrogen) atoms. The van der Waals surface area contributed by atoms with E-state index in [0.29, 0.717) is 12.5 Å². The second-order valence-corrected chi connectivity index (χ2v) is 7.50. The topological polar surface area (TPSA) is 16.1 Å². The smallest absolute Gasteiger partial charge is 0.298 e. The summed E-state index contributed by atoms with van der Waals surface area (Å²) in [5.74, 6) is 0.409. The molecule has 0 amide bonds. The van der Waals surface area contributed by atoms with Crippen LogP contribution >= 0.6 is 11.3 Å². The van der Waals surface area contributed by atoms with Crippen molar-refractivity contribution in [2.75, 3.05) is 13.1 Å². The first kappa shape index (κ1) is 16.5. The number of likely N-dealkylation sites (tertiary alicyclic amines) is 1. The first-order chi connectivity index (χ1) is 12.0. The minimum atomic E-state index is -4.27. The zero-order valence-corrected chi connectivity index (χ0v) is 14.3. The molecule has 0 aliphatic carbocycles. The number of thiazole rings is 1. The summed E-state index contributed by atoms with van der Waals surface area (Å²) in [6.45, 7) is 2.53. The Kier molecular flexibility index (Phi) is 4.25. The molecule has 130 valence electrons. The van der Waals surface area contributed by atoms with Crippen molar-refractivity contribution < 1.29 is 13.2 Å². The summed E-state index contributed by atoms with van der Waals surface area (Å²) < 4.78 is 39.1. The Balaban J connectivity index is 1.42. The molecular weight excluding hydrogens is 345 g/mol. The lowest BCUT2D eigenvalue weighted by atomic mass is 10.1. The molecule has 0 bridgehead atoms. The highest BCUT2D eigenvalue weighted by Crippen LogP contribution is 2.34. The second-order valence-electron chi connectivity index (χ2n) is 6.44. The molecular formula is C19H17F3N2S. The Morgan fingerprint density at radius 1 is 1.08 bits per heavy atom. The van der Waals surface area contributed by atoms with E-state index in [1.54, 1.807) is 23.5 Å². The SMILES string of the molecule is FC(F)(F)c1ccc(CN2CCC(c3nc4ccccc4s3)C2)cc1. The van der Waals surface area contributed by atoms with E-state index in [-0.39, 0.29) is 0 Å². The van der Waals surface area contributed by atoms with Crippen LogP contribution in [0.4, 0.5) is 13.2 Å². The zero-order valence-electron chi connectivity index (χ0n) is 13.5. The highest BCUT2D eigenvalue weighted by Gasteiger charge is 2.30. The zero-order chi connectivity index (χ0) is 17.4. The van der Waals surface area contributed by atoms with E-state index < -0.39 is 11.7 Å². The van der Waals surface area contributed by atoms with Crippen molar-refractivity contribution in [2.24, 2.45) is 0 Å². The minimum absolute atomic E-state index is 0.409. The Bertz CT molecular complexity index is 837. The van der Waals surface area contributed by atoms with E-state index in [1.165, 1.54) is 4.70 Å². The number of fused-ring (bicyclic) bond motifs is 1. The highest BCUT2D eigenvalue weighted by atomic mass is 32.1. The van der Waals surface area contributed by atoms with Crippen LogP contribution < -0.4 is 0 Å². The number of para-hydroxylation sites is 1. The van der Waals surface area contributed by atoms with Gasteiger partial charge in [-0.3, -0.25) is 4.90 Å². The number of rotatable bonds is 3. The number of hydrogen-bond donors (Lipinski definition) is 0. The van der Waals surface area contributed by atoms with Gasteiger partial charge in [-0.25, -0.2) is 4.98 Å². The molecule has 2 nitrogen and oxygen atoms in total. The van der Waals surface area contributed by atoms with Crippen LogP contribution in [0.25, 0.3) is 10.2 Å². The number of nitrogens with zero attached hydrogens (tertiary/aromatic N) is 2. The van der Waals surface area contributed by atoms with E-state index in [0.717, 1.165) is 47.7 Å². The fourth-order valence-electron chi connectivity index (χ4n) is 3.30. The maximum atomic E-state index is 12.6. The van der Waals surface area contributed by atoms with Crippen LogP contribution in [0.1, 0.15) is 28.5 Å². The molecule has 2 aromatic carbocycles. The summed E-state index contributed by atoms with van der Waals surface area (Å²) in [6, 6.07) is 13.6. The van der Waals surface area contributed by atoms with Crippen LogP contribution in [-0.4, -0.2) is 23.0 Å². The van der Waals surface area contributed by atoms with E-state index in [1.807, 2.05) is 18.2 Å². The van der Waals surface area contributed by atoms with Crippen molar-refractivity contribution in [3.63, 3.8) is 0 Å². The third kappa shape index (κ3) is 3.55. The van der Waals surface area contributed by atoms with E-state index in [2.05, 4.69) is 11.0 Å². The quantitative estimate of drug-likeness (QED) is 0.628. The Morgan fingerprint density at radius 2 is 1.84 bits per heavy atom. The van der Waals surface area contributed by atoms with Crippen molar-refractivity contribution in [1.82, 2.24) is 9.88 Å². The third-order valence-corrected chi connectivity index (χ3v) is 5.82. The maximum Gasteiger partial charge on any atom is 0.416 e. The molecule has 1 saturated heterocycles. The summed E-state index contributed by atoms with van der Waals surface area (Å²) in [5, 5.41) is 1.16. The van der Waals surface area contributed by atoms with Crippen molar-refractivity contribution >= 4 is 21.6 Å². The molecule has 3 aromatic rings. The molecule has 1 fully saturated rings. The summed E-state index contributed by atoms with van der Waals surface area (Å²) >= 11 is 1.74. The molecule has 0 saturated carbocycles. The minimum Gasteiger partial charge on any atom is -0.298 e. The molecule has 2 heterocycles. The van der Waals surface area contributed by atoms with Gasteiger partial charge in [-0.05, 0) is 42.8 Å². The molecule has 1 atom stereocenters. The van der Waals surface area contributed by atoms with E-state index >= 15 is 0 Å². The lowest BCUT2D eigenvalue weighted by Crippen LogP contribution is -2.19. The van der Waals surface area contributed by atoms with Crippen LogP contribution in [0.5, 0.6) is 0 Å². The third-order valence-electron chi connectivity index (χ3n) is 4.62. The second kappa shape index (κ2) is 6.42. The normalized spacial score (nSPS) is 18.9. The highest BCUT2D eigenvalue weighted by molar-refractivity contribution is 7.18. The van der Waals surface area contributed by atoms with Crippen molar-refractivity contribution in [1.29, 1.82) is 0 Å². The largest absolute Gasteiger partial charge is 0.416 e. The molecule has 0 N–H and O–H groups in total. The van der Waals surface area contributed by atoms with Crippen LogP contribution in [0.15, 0.2) is 48.5 Å². The van der Waals surface area contributed by atoms with Crippen molar-refractivity contribution in [3.8, 4) is 0 Å².